The molecule has 2 saturated heterocycles. The summed E-state index contributed by atoms with van der Waals surface area (Å²) in [5.41, 5.74) is 4.06. The first-order valence-corrected chi connectivity index (χ1v) is 13.5. The van der Waals surface area contributed by atoms with Crippen LogP contribution in [0.25, 0.3) is 11.1 Å². The summed E-state index contributed by atoms with van der Waals surface area (Å²) in [4.78, 5) is 38.5. The zero-order valence-electron chi connectivity index (χ0n) is 23.1. The largest absolute Gasteiger partial charge is 1.00 e. The van der Waals surface area contributed by atoms with E-state index in [0.29, 0.717) is 35.3 Å². The van der Waals surface area contributed by atoms with Crippen LogP contribution in [0, 0.1) is 0 Å². The number of ether oxygens (including phenoxy) is 2. The quantitative estimate of drug-likeness (QED) is 0.184. The monoisotopic (exact) mass is 776 g/mol. The van der Waals surface area contributed by atoms with Crippen LogP contribution in [0.15, 0.2) is 36.4 Å². The molecule has 3 aliphatic rings. The molecule has 218 valence electrons. The van der Waals surface area contributed by atoms with Crippen molar-refractivity contribution in [1.29, 1.82) is 0 Å². The fraction of sp³-hybridized carbons (Fsp3) is 0.483. The van der Waals surface area contributed by atoms with Crippen molar-refractivity contribution in [2.45, 2.75) is 12.8 Å². The highest BCUT2D eigenvalue weighted by Gasteiger charge is 2.29. The number of quaternary nitrogens is 2. The SMILES string of the molecule is C[N+]1(CCC(=O)Nc2ccc3c(c2)C(=O)c2cc(NC(=O)CC[N+]4(C)CCOCC4)ccc2-3)CCOCC1.[I-].[I-]. The van der Waals surface area contributed by atoms with E-state index in [4.69, 9.17) is 9.47 Å². The molecule has 5 rings (SSSR count). The van der Waals surface area contributed by atoms with Crippen molar-refractivity contribution in [2.24, 2.45) is 0 Å². The second-order valence-corrected chi connectivity index (χ2v) is 11.3. The Hall–Kier alpha value is -1.65. The van der Waals surface area contributed by atoms with Gasteiger partial charge in [-0.15, -0.1) is 0 Å². The molecule has 2 aromatic carbocycles. The van der Waals surface area contributed by atoms with E-state index in [9.17, 15) is 14.4 Å². The highest BCUT2D eigenvalue weighted by molar-refractivity contribution is 6.22. The molecule has 0 atom stereocenters. The van der Waals surface area contributed by atoms with Crippen LogP contribution >= 0.6 is 0 Å². The molecule has 2 aliphatic heterocycles. The lowest BCUT2D eigenvalue weighted by atomic mass is 10.0. The van der Waals surface area contributed by atoms with Gasteiger partial charge in [-0.3, -0.25) is 14.4 Å². The highest BCUT2D eigenvalue weighted by Crippen LogP contribution is 2.39. The lowest BCUT2D eigenvalue weighted by Crippen LogP contribution is -3.00. The summed E-state index contributed by atoms with van der Waals surface area (Å²) in [6, 6.07) is 11.0. The Morgan fingerprint density at radius 3 is 1.43 bits per heavy atom. The fourth-order valence-electron chi connectivity index (χ4n) is 5.44. The zero-order chi connectivity index (χ0) is 26.8. The summed E-state index contributed by atoms with van der Waals surface area (Å²) in [7, 11) is 4.31. The number of amides is 2. The van der Waals surface area contributed by atoms with E-state index < -0.39 is 0 Å². The summed E-state index contributed by atoms with van der Waals surface area (Å²) >= 11 is 0. The number of nitrogens with zero attached hydrogens (tertiary/aromatic N) is 2. The summed E-state index contributed by atoms with van der Waals surface area (Å²) < 4.78 is 12.5. The maximum absolute atomic E-state index is 13.3. The Kier molecular flexibility index (Phi) is 11.5. The second kappa shape index (κ2) is 14.0. The molecule has 0 radical (unpaired) electrons. The molecule has 2 N–H and O–H groups in total. The Labute approximate surface area is 270 Å². The summed E-state index contributed by atoms with van der Waals surface area (Å²) in [6.45, 7) is 8.07. The number of carbonyl (C=O) groups is 3. The first-order chi connectivity index (χ1) is 18.2. The summed E-state index contributed by atoms with van der Waals surface area (Å²) in [5, 5.41) is 5.92. The number of morpholine rings is 2. The smallest absolute Gasteiger partial charge is 0.230 e. The Morgan fingerprint density at radius 2 is 1.05 bits per heavy atom. The van der Waals surface area contributed by atoms with Crippen molar-refractivity contribution < 1.29 is 80.8 Å². The van der Waals surface area contributed by atoms with Crippen molar-refractivity contribution in [3.05, 3.63) is 47.5 Å². The molecule has 2 aromatic rings. The number of hydrogen-bond acceptors (Lipinski definition) is 5. The molecule has 2 heterocycles. The number of carbonyl (C=O) groups excluding carboxylic acids is 3. The third kappa shape index (κ3) is 7.79. The molecule has 9 nitrogen and oxygen atoms in total. The van der Waals surface area contributed by atoms with E-state index in [1.54, 1.807) is 12.1 Å². The van der Waals surface area contributed by atoms with Gasteiger partial charge in [0, 0.05) is 22.5 Å². The fourth-order valence-corrected chi connectivity index (χ4v) is 5.44. The molecule has 0 bridgehead atoms. The lowest BCUT2D eigenvalue weighted by molar-refractivity contribution is -0.916. The standard InChI is InChI=1S/C29H36N4O5.2HI/c1-32(11-15-37-16-12-32)9-7-27(34)30-21-3-5-23-24-6-4-22(20-26(24)29(36)25(23)19-21)31-28(35)8-10-33(2)13-17-38-18-14-33;;/h3-6,19-20H,7-18H2,1-2H3;2*1H. The third-order valence-electron chi connectivity index (χ3n) is 8.25. The molecular formula is C29H38I2N4O5. The van der Waals surface area contributed by atoms with Gasteiger partial charge < -0.3 is 77.0 Å². The van der Waals surface area contributed by atoms with Gasteiger partial charge in [-0.05, 0) is 35.4 Å². The van der Waals surface area contributed by atoms with Gasteiger partial charge in [-0.2, -0.15) is 0 Å². The number of halogens is 2. The lowest BCUT2D eigenvalue weighted by Gasteiger charge is -2.37. The number of fused-ring (bicyclic) bond motifs is 3. The van der Waals surface area contributed by atoms with Crippen LogP contribution in [0.2, 0.25) is 0 Å². The first-order valence-electron chi connectivity index (χ1n) is 13.5. The number of ketones is 1. The minimum absolute atomic E-state index is 0. The second-order valence-electron chi connectivity index (χ2n) is 11.3. The zero-order valence-corrected chi connectivity index (χ0v) is 27.5. The molecule has 11 heteroatoms. The average molecular weight is 776 g/mol. The Balaban J connectivity index is 0.00000220. The number of hydrogen-bond donors (Lipinski definition) is 2. The van der Waals surface area contributed by atoms with E-state index in [1.807, 2.05) is 24.3 Å². The summed E-state index contributed by atoms with van der Waals surface area (Å²) in [5.74, 6) is -0.214. The van der Waals surface area contributed by atoms with Crippen molar-refractivity contribution >= 4 is 29.0 Å². The van der Waals surface area contributed by atoms with Gasteiger partial charge in [0.15, 0.2) is 5.78 Å². The molecular weight excluding hydrogens is 738 g/mol. The van der Waals surface area contributed by atoms with Crippen molar-refractivity contribution in [3.8, 4) is 11.1 Å². The summed E-state index contributed by atoms with van der Waals surface area (Å²) in [6.07, 6.45) is 0.827. The first kappa shape index (κ1) is 32.9. The van der Waals surface area contributed by atoms with E-state index in [0.717, 1.165) is 85.8 Å². The third-order valence-corrected chi connectivity index (χ3v) is 8.25. The number of anilines is 2. The van der Waals surface area contributed by atoms with Crippen LogP contribution in [-0.4, -0.2) is 106 Å². The maximum atomic E-state index is 13.3. The molecule has 1 aliphatic carbocycles. The van der Waals surface area contributed by atoms with E-state index >= 15 is 0 Å². The number of benzene rings is 2. The predicted octanol–water partition coefficient (Wildman–Crippen LogP) is -3.48. The molecule has 2 amide bonds. The minimum atomic E-state index is -0.0973. The van der Waals surface area contributed by atoms with Crippen LogP contribution < -0.4 is 58.6 Å². The molecule has 2 fully saturated rings. The van der Waals surface area contributed by atoms with Gasteiger partial charge in [-0.1, -0.05) is 12.1 Å². The van der Waals surface area contributed by atoms with Gasteiger partial charge in [0.1, 0.15) is 26.2 Å². The van der Waals surface area contributed by atoms with Gasteiger partial charge in [0.2, 0.25) is 11.8 Å². The number of rotatable bonds is 8. The van der Waals surface area contributed by atoms with Crippen molar-refractivity contribution in [2.75, 3.05) is 90.4 Å². The highest BCUT2D eigenvalue weighted by atomic mass is 127. The van der Waals surface area contributed by atoms with Crippen molar-refractivity contribution in [1.82, 2.24) is 0 Å². The molecule has 0 unspecified atom stereocenters. The Morgan fingerprint density at radius 1 is 0.675 bits per heavy atom. The van der Waals surface area contributed by atoms with Gasteiger partial charge in [0.25, 0.3) is 0 Å². The van der Waals surface area contributed by atoms with Gasteiger partial charge in [0.05, 0.1) is 66.5 Å². The van der Waals surface area contributed by atoms with Crippen molar-refractivity contribution in [3.63, 3.8) is 0 Å². The number of likely N-dealkylation sites (N-methyl/N-ethyl adjacent to an activating group) is 2. The average Bonchev–Trinajstić information content (AvgIpc) is 3.18. The van der Waals surface area contributed by atoms with Crippen LogP contribution in [-0.2, 0) is 19.1 Å². The minimum Gasteiger partial charge on any atom is -1.00 e. The molecule has 0 saturated carbocycles. The Bertz CT molecular complexity index is 1150. The maximum Gasteiger partial charge on any atom is 0.230 e. The topological polar surface area (TPSA) is 93.7 Å². The van der Waals surface area contributed by atoms with Gasteiger partial charge in [-0.25, -0.2) is 0 Å². The normalized spacial score (nSPS) is 18.4. The number of nitrogens with one attached hydrogen (secondary N) is 2. The van der Waals surface area contributed by atoms with Crippen LogP contribution in [0.3, 0.4) is 0 Å². The van der Waals surface area contributed by atoms with E-state index in [-0.39, 0.29) is 65.6 Å². The predicted molar refractivity (Wildman–Crippen MR) is 145 cm³/mol. The van der Waals surface area contributed by atoms with Crippen LogP contribution in [0.4, 0.5) is 11.4 Å². The van der Waals surface area contributed by atoms with E-state index in [1.165, 1.54) is 0 Å². The molecule has 0 spiro atoms. The van der Waals surface area contributed by atoms with Crippen LogP contribution in [0.1, 0.15) is 28.8 Å². The molecule has 0 aromatic heterocycles. The van der Waals surface area contributed by atoms with Crippen LogP contribution in [0.5, 0.6) is 0 Å². The molecule has 40 heavy (non-hydrogen) atoms. The van der Waals surface area contributed by atoms with Gasteiger partial charge >= 0.3 is 0 Å². The van der Waals surface area contributed by atoms with E-state index in [2.05, 4.69) is 24.7 Å².